The van der Waals surface area contributed by atoms with Crippen LogP contribution in [0.15, 0.2) is 34.6 Å². The lowest BCUT2D eigenvalue weighted by Gasteiger charge is -2.14. The number of nitriles is 1. The molecule has 0 saturated carbocycles. The topological polar surface area (TPSA) is 63.0 Å². The lowest BCUT2D eigenvalue weighted by atomic mass is 9.93. The molecule has 7 heteroatoms. The molecule has 0 aliphatic heterocycles. The Morgan fingerprint density at radius 3 is 2.70 bits per heavy atom. The fraction of sp³-hybridized carbons (Fsp3) is 0.250. The lowest BCUT2D eigenvalue weighted by molar-refractivity contribution is -0.116. The van der Waals surface area contributed by atoms with Gasteiger partial charge in [0.05, 0.1) is 24.9 Å². The van der Waals surface area contributed by atoms with E-state index in [9.17, 15) is 13.6 Å². The molecule has 3 rings (SSSR count). The minimum Gasteiger partial charge on any atom is -0.500 e. The van der Waals surface area contributed by atoms with Gasteiger partial charge in [0.1, 0.15) is 17.3 Å². The van der Waals surface area contributed by atoms with E-state index < -0.39 is 17.6 Å². The lowest BCUT2D eigenvalue weighted by Crippen LogP contribution is -2.10. The molecule has 1 aliphatic carbocycles. The highest BCUT2D eigenvalue weighted by molar-refractivity contribution is 9.10. The smallest absolute Gasteiger partial charge is 0.171 e. The first-order chi connectivity index (χ1) is 12.9. The van der Waals surface area contributed by atoms with Crippen LogP contribution in [0.5, 0.6) is 0 Å². The summed E-state index contributed by atoms with van der Waals surface area (Å²) in [5.41, 5.74) is 2.26. The van der Waals surface area contributed by atoms with Gasteiger partial charge in [-0.05, 0) is 24.6 Å². The van der Waals surface area contributed by atoms with Gasteiger partial charge in [0.25, 0.3) is 0 Å². The highest BCUT2D eigenvalue weighted by atomic mass is 79.9. The fourth-order valence-corrected chi connectivity index (χ4v) is 4.07. The van der Waals surface area contributed by atoms with Crippen LogP contribution in [-0.4, -0.2) is 17.9 Å². The number of hydrogen-bond acceptors (Lipinski definition) is 4. The summed E-state index contributed by atoms with van der Waals surface area (Å²) in [4.78, 5) is 16.6. The molecule has 0 radical (unpaired) electrons. The SMILES string of the molecule is COC1=C(c2c(C)cc(-c3ncc(F)cc3F)cc2Br)C(=O)C(CC#N)C1. The van der Waals surface area contributed by atoms with Crippen LogP contribution >= 0.6 is 15.9 Å². The van der Waals surface area contributed by atoms with Crippen LogP contribution in [0.25, 0.3) is 16.8 Å². The Morgan fingerprint density at radius 1 is 1.37 bits per heavy atom. The van der Waals surface area contributed by atoms with Crippen molar-refractivity contribution < 1.29 is 18.3 Å². The quantitative estimate of drug-likeness (QED) is 0.684. The van der Waals surface area contributed by atoms with Gasteiger partial charge in [-0.3, -0.25) is 9.78 Å². The number of carbonyl (C=O) groups is 1. The number of benzene rings is 1. The molecule has 1 unspecified atom stereocenters. The maximum atomic E-state index is 14.1. The number of nitrogens with zero attached hydrogens (tertiary/aromatic N) is 2. The average Bonchev–Trinajstić information content (AvgIpc) is 2.91. The number of hydrogen-bond donors (Lipinski definition) is 0. The third kappa shape index (κ3) is 3.50. The van der Waals surface area contributed by atoms with Crippen LogP contribution in [-0.2, 0) is 9.53 Å². The molecule has 0 bridgehead atoms. The van der Waals surface area contributed by atoms with Crippen molar-refractivity contribution in [2.75, 3.05) is 7.11 Å². The first-order valence-corrected chi connectivity index (χ1v) is 8.96. The van der Waals surface area contributed by atoms with E-state index in [2.05, 4.69) is 20.9 Å². The van der Waals surface area contributed by atoms with Gasteiger partial charge < -0.3 is 4.74 Å². The van der Waals surface area contributed by atoms with Crippen molar-refractivity contribution in [2.24, 2.45) is 5.92 Å². The number of rotatable bonds is 4. The Morgan fingerprint density at radius 2 is 2.11 bits per heavy atom. The molecule has 1 heterocycles. The molecule has 138 valence electrons. The van der Waals surface area contributed by atoms with Crippen LogP contribution < -0.4 is 0 Å². The van der Waals surface area contributed by atoms with E-state index in [0.717, 1.165) is 12.3 Å². The number of ether oxygens (including phenoxy) is 1. The van der Waals surface area contributed by atoms with Gasteiger partial charge in [0.2, 0.25) is 0 Å². The van der Waals surface area contributed by atoms with Gasteiger partial charge in [-0.25, -0.2) is 8.78 Å². The Labute approximate surface area is 163 Å². The van der Waals surface area contributed by atoms with Crippen molar-refractivity contribution >= 4 is 27.3 Å². The van der Waals surface area contributed by atoms with Gasteiger partial charge >= 0.3 is 0 Å². The molecular formula is C20H15BrF2N2O2. The third-order valence-electron chi connectivity index (χ3n) is 4.53. The monoisotopic (exact) mass is 432 g/mol. The Hall–Kier alpha value is -2.59. The van der Waals surface area contributed by atoms with Gasteiger partial charge in [-0.1, -0.05) is 15.9 Å². The third-order valence-corrected chi connectivity index (χ3v) is 5.16. The number of halogens is 3. The summed E-state index contributed by atoms with van der Waals surface area (Å²) in [6.45, 7) is 1.79. The summed E-state index contributed by atoms with van der Waals surface area (Å²) >= 11 is 3.46. The Bertz CT molecular complexity index is 989. The largest absolute Gasteiger partial charge is 0.500 e. The van der Waals surface area contributed by atoms with Crippen molar-refractivity contribution in [3.05, 3.63) is 57.4 Å². The minimum atomic E-state index is -0.767. The van der Waals surface area contributed by atoms with E-state index in [1.165, 1.54) is 7.11 Å². The number of allylic oxidation sites excluding steroid dienone is 2. The van der Waals surface area contributed by atoms with Crippen molar-refractivity contribution in [1.82, 2.24) is 4.98 Å². The van der Waals surface area contributed by atoms with Crippen LogP contribution in [0.3, 0.4) is 0 Å². The van der Waals surface area contributed by atoms with E-state index in [1.807, 2.05) is 6.07 Å². The molecule has 1 atom stereocenters. The molecule has 0 amide bonds. The molecule has 1 aromatic carbocycles. The summed E-state index contributed by atoms with van der Waals surface area (Å²) in [6.07, 6.45) is 1.45. The number of ketones is 1. The second kappa shape index (κ2) is 7.57. The van der Waals surface area contributed by atoms with Crippen LogP contribution in [0, 0.1) is 35.8 Å². The first-order valence-electron chi connectivity index (χ1n) is 8.17. The predicted octanol–water partition coefficient (Wildman–Crippen LogP) is 4.96. The zero-order valence-electron chi connectivity index (χ0n) is 14.6. The fourth-order valence-electron chi connectivity index (χ4n) is 3.31. The highest BCUT2D eigenvalue weighted by Gasteiger charge is 2.36. The summed E-state index contributed by atoms with van der Waals surface area (Å²) in [6, 6.07) is 6.13. The van der Waals surface area contributed by atoms with Crippen molar-refractivity contribution in [3.63, 3.8) is 0 Å². The predicted molar refractivity (Wildman–Crippen MR) is 99.3 cm³/mol. The minimum absolute atomic E-state index is 0.0211. The normalized spacial score (nSPS) is 16.6. The molecule has 0 saturated heterocycles. The highest BCUT2D eigenvalue weighted by Crippen LogP contribution is 2.42. The van der Waals surface area contributed by atoms with E-state index in [1.54, 1.807) is 19.1 Å². The zero-order valence-corrected chi connectivity index (χ0v) is 16.2. The molecule has 1 aliphatic rings. The molecular weight excluding hydrogens is 418 g/mol. The molecule has 4 nitrogen and oxygen atoms in total. The standard InChI is InChI=1S/C20H15BrF2N2O2/c1-10-5-12(19-15(23)8-13(22)9-25-19)6-14(21)17(10)18-16(27-2)7-11(3-4-24)20(18)26/h5-6,8-9,11H,3,7H2,1-2H3. The van der Waals surface area contributed by atoms with Gasteiger partial charge in [-0.2, -0.15) is 5.26 Å². The van der Waals surface area contributed by atoms with Crippen molar-refractivity contribution in [2.45, 2.75) is 19.8 Å². The second-order valence-electron chi connectivity index (χ2n) is 6.26. The molecule has 0 spiro atoms. The number of carbonyl (C=O) groups excluding carboxylic acids is 1. The van der Waals surface area contributed by atoms with Crippen LogP contribution in [0.1, 0.15) is 24.0 Å². The Kier molecular flexibility index (Phi) is 5.38. The maximum Gasteiger partial charge on any atom is 0.171 e. The molecule has 27 heavy (non-hydrogen) atoms. The summed E-state index contributed by atoms with van der Waals surface area (Å²) < 4.78 is 33.2. The number of aromatic nitrogens is 1. The summed E-state index contributed by atoms with van der Waals surface area (Å²) in [7, 11) is 1.49. The molecule has 2 aromatic rings. The molecule has 1 aromatic heterocycles. The number of methoxy groups -OCH3 is 1. The van der Waals surface area contributed by atoms with Gasteiger partial charge in [0, 0.05) is 40.4 Å². The van der Waals surface area contributed by atoms with Crippen molar-refractivity contribution in [3.8, 4) is 17.3 Å². The van der Waals surface area contributed by atoms with Gasteiger partial charge in [0.15, 0.2) is 11.6 Å². The van der Waals surface area contributed by atoms with Gasteiger partial charge in [-0.15, -0.1) is 0 Å². The first kappa shape index (κ1) is 19.2. The van der Waals surface area contributed by atoms with E-state index >= 15 is 0 Å². The van der Waals surface area contributed by atoms with Crippen LogP contribution in [0.2, 0.25) is 0 Å². The van der Waals surface area contributed by atoms with E-state index in [4.69, 9.17) is 10.00 Å². The number of pyridine rings is 1. The number of aryl methyl sites for hydroxylation is 1. The second-order valence-corrected chi connectivity index (χ2v) is 7.12. The molecule has 0 N–H and O–H groups in total. The van der Waals surface area contributed by atoms with E-state index in [0.29, 0.717) is 38.9 Å². The Balaban J connectivity index is 2.11. The van der Waals surface area contributed by atoms with Crippen LogP contribution in [0.4, 0.5) is 8.78 Å². The summed E-state index contributed by atoms with van der Waals surface area (Å²) in [5.74, 6) is -1.56. The maximum absolute atomic E-state index is 14.1. The van der Waals surface area contributed by atoms with Crippen molar-refractivity contribution in [1.29, 1.82) is 5.26 Å². The van der Waals surface area contributed by atoms with E-state index in [-0.39, 0.29) is 17.9 Å². The summed E-state index contributed by atoms with van der Waals surface area (Å²) in [5, 5.41) is 8.94. The molecule has 0 fully saturated rings. The average molecular weight is 433 g/mol. The number of Topliss-reactive ketones (excluding diaryl/α,β-unsaturated/α-hetero) is 1. The zero-order chi connectivity index (χ0) is 19.7.